The molecule has 8 heteroatoms. The van der Waals surface area contributed by atoms with Crippen LogP contribution in [0.1, 0.15) is 12.0 Å². The number of hydrogen-bond donors (Lipinski definition) is 0. The van der Waals surface area contributed by atoms with Gasteiger partial charge in [0.15, 0.2) is 0 Å². The number of rotatable bonds is 5. The summed E-state index contributed by atoms with van der Waals surface area (Å²) < 4.78 is 7.13. The Morgan fingerprint density at radius 1 is 0.939 bits per heavy atom. The maximum absolute atomic E-state index is 13.0. The molecule has 0 saturated carbocycles. The highest BCUT2D eigenvalue weighted by Crippen LogP contribution is 2.35. The highest BCUT2D eigenvalue weighted by molar-refractivity contribution is 9.10. The van der Waals surface area contributed by atoms with E-state index in [2.05, 4.69) is 40.2 Å². The molecule has 2 saturated heterocycles. The van der Waals surface area contributed by atoms with E-state index in [1.807, 2.05) is 24.3 Å². The number of amides is 3. The van der Waals surface area contributed by atoms with Gasteiger partial charge in [-0.3, -0.25) is 4.79 Å². The van der Waals surface area contributed by atoms with Crippen molar-refractivity contribution in [2.75, 3.05) is 11.4 Å². The lowest BCUT2D eigenvalue weighted by molar-refractivity contribution is -0.119. The van der Waals surface area contributed by atoms with E-state index >= 15 is 0 Å². The molecule has 0 aromatic heterocycles. The smallest absolute Gasteiger partial charge is 0.332 e. The van der Waals surface area contributed by atoms with Crippen LogP contribution in [0.2, 0.25) is 10.0 Å². The third-order valence-electron chi connectivity index (χ3n) is 5.90. The summed E-state index contributed by atoms with van der Waals surface area (Å²) in [4.78, 5) is 28.7. The van der Waals surface area contributed by atoms with E-state index in [4.69, 9.17) is 27.9 Å². The van der Waals surface area contributed by atoms with Crippen LogP contribution < -0.4 is 4.90 Å². The number of ether oxygens (including phenoxy) is 1. The Labute approximate surface area is 210 Å². The Morgan fingerprint density at radius 3 is 2.36 bits per heavy atom. The first kappa shape index (κ1) is 22.4. The topological polar surface area (TPSA) is 49.9 Å². The number of imide groups is 1. The van der Waals surface area contributed by atoms with Crippen LogP contribution in [0.25, 0.3) is 11.1 Å². The van der Waals surface area contributed by atoms with E-state index in [1.54, 1.807) is 23.1 Å². The Bertz CT molecular complexity index is 1190. The SMILES string of the molecule is O=C1[C@@H]2C[C@H](OCc3cccc(-c4ccc(Br)cc4)c3)CN2C(=O)N1c1cc(Cl)cc(Cl)c1. The number of anilines is 1. The van der Waals surface area contributed by atoms with Crippen LogP contribution >= 0.6 is 39.1 Å². The zero-order valence-electron chi connectivity index (χ0n) is 17.4. The second-order valence-corrected chi connectivity index (χ2v) is 9.92. The second-order valence-electron chi connectivity index (χ2n) is 8.13. The standard InChI is InChI=1S/C25H19BrCl2N2O3/c26-18-6-4-16(5-7-18)17-3-1-2-15(8-17)14-33-22-12-23-24(31)30(25(32)29(23)13-22)21-10-19(27)9-20(28)11-21/h1-11,22-23H,12-14H2/t22-,23-/m0/s1. The average molecular weight is 546 g/mol. The van der Waals surface area contributed by atoms with Crippen molar-refractivity contribution < 1.29 is 14.3 Å². The van der Waals surface area contributed by atoms with Crippen molar-refractivity contribution in [2.24, 2.45) is 0 Å². The first-order valence-electron chi connectivity index (χ1n) is 10.5. The number of benzene rings is 3. The van der Waals surface area contributed by atoms with Gasteiger partial charge in [-0.2, -0.15) is 0 Å². The molecule has 33 heavy (non-hydrogen) atoms. The highest BCUT2D eigenvalue weighted by Gasteiger charge is 2.51. The van der Waals surface area contributed by atoms with E-state index in [-0.39, 0.29) is 18.0 Å². The third kappa shape index (κ3) is 4.53. The summed E-state index contributed by atoms with van der Waals surface area (Å²) in [6.45, 7) is 0.776. The van der Waals surface area contributed by atoms with Crippen molar-refractivity contribution in [3.8, 4) is 11.1 Å². The summed E-state index contributed by atoms with van der Waals surface area (Å²) in [7, 11) is 0. The lowest BCUT2D eigenvalue weighted by Crippen LogP contribution is -2.35. The number of carbonyl (C=O) groups is 2. The number of nitrogens with zero attached hydrogens (tertiary/aromatic N) is 2. The van der Waals surface area contributed by atoms with Crippen LogP contribution in [0.15, 0.2) is 71.2 Å². The lowest BCUT2D eigenvalue weighted by atomic mass is 10.0. The molecule has 5 rings (SSSR count). The van der Waals surface area contributed by atoms with Gasteiger partial charge in [-0.25, -0.2) is 9.69 Å². The number of carbonyl (C=O) groups excluding carboxylic acids is 2. The summed E-state index contributed by atoms with van der Waals surface area (Å²) in [6, 6.07) is 20.1. The van der Waals surface area contributed by atoms with Crippen LogP contribution in [0.3, 0.4) is 0 Å². The van der Waals surface area contributed by atoms with E-state index in [9.17, 15) is 9.59 Å². The van der Waals surface area contributed by atoms with Gasteiger partial charge in [0.05, 0.1) is 18.4 Å². The first-order valence-corrected chi connectivity index (χ1v) is 12.0. The van der Waals surface area contributed by atoms with E-state index in [1.165, 1.54) is 0 Å². The first-order chi connectivity index (χ1) is 15.9. The van der Waals surface area contributed by atoms with Crippen molar-refractivity contribution in [3.05, 3.63) is 86.8 Å². The number of hydrogen-bond acceptors (Lipinski definition) is 3. The minimum absolute atomic E-state index is 0.204. The molecule has 0 spiro atoms. The molecule has 3 aromatic carbocycles. The number of fused-ring (bicyclic) bond motifs is 1. The van der Waals surface area contributed by atoms with Gasteiger partial charge in [-0.1, -0.05) is 69.5 Å². The summed E-state index contributed by atoms with van der Waals surface area (Å²) in [5.41, 5.74) is 3.66. The van der Waals surface area contributed by atoms with Crippen molar-refractivity contribution in [3.63, 3.8) is 0 Å². The van der Waals surface area contributed by atoms with Crippen LogP contribution in [0, 0.1) is 0 Å². The van der Waals surface area contributed by atoms with Gasteiger partial charge >= 0.3 is 6.03 Å². The normalized spacial score (nSPS) is 20.0. The Balaban J connectivity index is 1.24. The van der Waals surface area contributed by atoms with Gasteiger partial charge in [0.25, 0.3) is 5.91 Å². The van der Waals surface area contributed by atoms with Crippen molar-refractivity contribution in [2.45, 2.75) is 25.2 Å². The van der Waals surface area contributed by atoms with Crippen LogP contribution in [0.4, 0.5) is 10.5 Å². The molecule has 2 fully saturated rings. The molecular formula is C25H19BrCl2N2O3. The maximum Gasteiger partial charge on any atom is 0.332 e. The minimum Gasteiger partial charge on any atom is -0.372 e. The summed E-state index contributed by atoms with van der Waals surface area (Å²) in [5, 5.41) is 0.744. The van der Waals surface area contributed by atoms with Gasteiger partial charge in [-0.05, 0) is 53.1 Å². The molecule has 3 aromatic rings. The van der Waals surface area contributed by atoms with Crippen LogP contribution in [0.5, 0.6) is 0 Å². The van der Waals surface area contributed by atoms with Crippen LogP contribution in [-0.4, -0.2) is 35.5 Å². The number of urea groups is 1. The maximum atomic E-state index is 13.0. The zero-order chi connectivity index (χ0) is 23.1. The molecule has 2 aliphatic rings. The predicted molar refractivity (Wildman–Crippen MR) is 133 cm³/mol. The minimum atomic E-state index is -0.533. The van der Waals surface area contributed by atoms with E-state index in [0.29, 0.717) is 35.3 Å². The Hall–Kier alpha value is -2.38. The fraction of sp³-hybridized carbons (Fsp3) is 0.200. The molecule has 3 amide bonds. The second kappa shape index (κ2) is 9.11. The quantitative estimate of drug-likeness (QED) is 0.341. The zero-order valence-corrected chi connectivity index (χ0v) is 20.5. The molecule has 168 valence electrons. The fourth-order valence-corrected chi connectivity index (χ4v) is 5.12. The summed E-state index contributed by atoms with van der Waals surface area (Å²) in [5.74, 6) is -0.276. The predicted octanol–water partition coefficient (Wildman–Crippen LogP) is 6.55. The van der Waals surface area contributed by atoms with Gasteiger partial charge in [0, 0.05) is 27.5 Å². The van der Waals surface area contributed by atoms with Gasteiger partial charge in [0.2, 0.25) is 0 Å². The molecule has 0 aliphatic carbocycles. The molecule has 0 radical (unpaired) electrons. The molecule has 0 bridgehead atoms. The fourth-order valence-electron chi connectivity index (χ4n) is 4.34. The van der Waals surface area contributed by atoms with Gasteiger partial charge < -0.3 is 9.64 Å². The Kier molecular flexibility index (Phi) is 6.18. The molecule has 5 nitrogen and oxygen atoms in total. The molecule has 2 aliphatic heterocycles. The van der Waals surface area contributed by atoms with Crippen molar-refractivity contribution in [1.29, 1.82) is 0 Å². The molecule has 0 N–H and O–H groups in total. The number of halogens is 3. The summed E-state index contributed by atoms with van der Waals surface area (Å²) in [6.07, 6.45) is 0.256. The lowest BCUT2D eigenvalue weighted by Gasteiger charge is -2.19. The van der Waals surface area contributed by atoms with Crippen molar-refractivity contribution in [1.82, 2.24) is 4.90 Å². The van der Waals surface area contributed by atoms with E-state index in [0.717, 1.165) is 26.1 Å². The van der Waals surface area contributed by atoms with Gasteiger partial charge in [-0.15, -0.1) is 0 Å². The monoisotopic (exact) mass is 544 g/mol. The van der Waals surface area contributed by atoms with Gasteiger partial charge in [0.1, 0.15) is 6.04 Å². The molecule has 2 atom stereocenters. The van der Waals surface area contributed by atoms with Crippen molar-refractivity contribution >= 4 is 56.8 Å². The third-order valence-corrected chi connectivity index (χ3v) is 6.87. The molecule has 0 unspecified atom stereocenters. The molecular weight excluding hydrogens is 527 g/mol. The van der Waals surface area contributed by atoms with Crippen LogP contribution in [-0.2, 0) is 16.1 Å². The summed E-state index contributed by atoms with van der Waals surface area (Å²) >= 11 is 15.6. The largest absolute Gasteiger partial charge is 0.372 e. The molecule has 2 heterocycles. The highest BCUT2D eigenvalue weighted by atomic mass is 79.9. The Morgan fingerprint density at radius 2 is 1.67 bits per heavy atom. The van der Waals surface area contributed by atoms with E-state index < -0.39 is 6.04 Å². The average Bonchev–Trinajstić information content (AvgIpc) is 3.31.